The number of rotatable bonds is 9. The summed E-state index contributed by atoms with van der Waals surface area (Å²) in [5.41, 5.74) is 0.241. The van der Waals surface area contributed by atoms with Crippen LogP contribution in [0.25, 0.3) is 11.0 Å². The number of tetrazole rings is 1. The van der Waals surface area contributed by atoms with Crippen LogP contribution in [-0.2, 0) is 19.4 Å². The Balaban J connectivity index is 1.39. The van der Waals surface area contributed by atoms with Crippen LogP contribution < -0.4 is 5.32 Å². The molecular weight excluding hydrogens is 537 g/mol. The van der Waals surface area contributed by atoms with Crippen molar-refractivity contribution in [2.75, 3.05) is 18.5 Å². The van der Waals surface area contributed by atoms with Gasteiger partial charge in [0, 0.05) is 6.04 Å². The van der Waals surface area contributed by atoms with E-state index in [1.54, 1.807) is 0 Å². The van der Waals surface area contributed by atoms with E-state index in [4.69, 9.17) is 21.1 Å². The number of H-pyrrole nitrogens is 1. The van der Waals surface area contributed by atoms with Crippen LogP contribution in [0.4, 0.5) is 5.82 Å². The molecule has 2 fully saturated rings. The van der Waals surface area contributed by atoms with E-state index in [2.05, 4.69) is 41.0 Å². The quantitative estimate of drug-likeness (QED) is 0.122. The minimum absolute atomic E-state index is 0.0582. The van der Waals surface area contributed by atoms with Crippen molar-refractivity contribution in [2.45, 2.75) is 61.6 Å². The summed E-state index contributed by atoms with van der Waals surface area (Å²) in [5, 5.41) is 48.9. The predicted octanol–water partition coefficient (Wildman–Crippen LogP) is -0.994. The molecule has 0 radical (unpaired) electrons. The van der Waals surface area contributed by atoms with Crippen LogP contribution in [0.15, 0.2) is 6.20 Å². The van der Waals surface area contributed by atoms with Gasteiger partial charge in [-0.1, -0.05) is 18.1 Å². The second-order valence-electron chi connectivity index (χ2n) is 8.87. The van der Waals surface area contributed by atoms with Crippen molar-refractivity contribution in [1.29, 1.82) is 0 Å². The summed E-state index contributed by atoms with van der Waals surface area (Å²) in [6, 6.07) is 0.231. The summed E-state index contributed by atoms with van der Waals surface area (Å²) in [6.07, 6.45) is 0.0372. The zero-order valence-electron chi connectivity index (χ0n) is 19.1. The van der Waals surface area contributed by atoms with Crippen molar-refractivity contribution in [3.63, 3.8) is 0 Å². The van der Waals surface area contributed by atoms with E-state index >= 15 is 0 Å². The zero-order valence-corrected chi connectivity index (χ0v) is 20.8. The molecule has 19 heteroatoms. The number of aromatic amines is 1. The lowest BCUT2D eigenvalue weighted by Gasteiger charge is -2.30. The van der Waals surface area contributed by atoms with Crippen molar-refractivity contribution in [3.05, 3.63) is 17.3 Å². The van der Waals surface area contributed by atoms with E-state index in [0.717, 1.165) is 25.7 Å². The minimum atomic E-state index is -5.22. The Labute approximate surface area is 213 Å². The number of nitrogens with one attached hydrogen (secondary N) is 2. The van der Waals surface area contributed by atoms with Crippen LogP contribution in [0.2, 0.25) is 5.28 Å². The number of halogens is 1. The first-order valence-electron chi connectivity index (χ1n) is 11.4. The van der Waals surface area contributed by atoms with Gasteiger partial charge in [-0.25, -0.2) is 4.68 Å². The molecule has 7 N–H and O–H groups in total. The van der Waals surface area contributed by atoms with Crippen molar-refractivity contribution < 1.29 is 39.1 Å². The van der Waals surface area contributed by atoms with Gasteiger partial charge >= 0.3 is 7.60 Å². The third-order valence-electron chi connectivity index (χ3n) is 6.57. The van der Waals surface area contributed by atoms with Gasteiger partial charge in [0.1, 0.15) is 24.1 Å². The Kier molecular flexibility index (Phi) is 7.16. The Hall–Kier alpha value is -2.34. The topological polar surface area (TPSA) is 247 Å². The van der Waals surface area contributed by atoms with Gasteiger partial charge in [-0.3, -0.25) is 4.57 Å². The highest BCUT2D eigenvalue weighted by Gasteiger charge is 2.55. The van der Waals surface area contributed by atoms with E-state index in [1.807, 2.05) is 0 Å². The lowest BCUT2D eigenvalue weighted by atomic mass is 10.1. The molecule has 0 amide bonds. The van der Waals surface area contributed by atoms with E-state index in [9.17, 15) is 29.7 Å². The molecule has 3 aromatic heterocycles. The Morgan fingerprint density at radius 3 is 2.68 bits per heavy atom. The molecule has 1 aliphatic carbocycles. The van der Waals surface area contributed by atoms with Crippen LogP contribution in [0.3, 0.4) is 0 Å². The highest BCUT2D eigenvalue weighted by atomic mass is 35.5. The smallest absolute Gasteiger partial charge is 0.367 e. The van der Waals surface area contributed by atoms with Gasteiger partial charge in [0.15, 0.2) is 11.9 Å². The number of hydrogen-bond acceptors (Lipinski definition) is 13. The third-order valence-corrected chi connectivity index (χ3v) is 8.15. The molecule has 4 heterocycles. The summed E-state index contributed by atoms with van der Waals surface area (Å²) >= 11 is 6.15. The van der Waals surface area contributed by atoms with Crippen molar-refractivity contribution in [1.82, 2.24) is 40.4 Å². The first-order chi connectivity index (χ1) is 17.6. The highest BCUT2D eigenvalue weighted by molar-refractivity contribution is 7.52. The monoisotopic (exact) mass is 561 g/mol. The Bertz CT molecular complexity index is 1290. The summed E-state index contributed by atoms with van der Waals surface area (Å²) < 4.78 is 24.6. The molecule has 0 bridgehead atoms. The van der Waals surface area contributed by atoms with Gasteiger partial charge in [-0.05, 0) is 24.4 Å². The maximum atomic E-state index is 12.2. The molecule has 5 rings (SSSR count). The molecule has 1 saturated heterocycles. The normalized spacial score (nSPS) is 26.6. The number of aliphatic hydroxyl groups excluding tert-OH is 3. The van der Waals surface area contributed by atoms with E-state index < -0.39 is 56.5 Å². The molecule has 0 aromatic carbocycles. The fourth-order valence-corrected chi connectivity index (χ4v) is 5.51. The van der Waals surface area contributed by atoms with Gasteiger partial charge in [0.05, 0.1) is 24.8 Å². The molecule has 202 valence electrons. The second-order valence-corrected chi connectivity index (χ2v) is 11.0. The van der Waals surface area contributed by atoms with Crippen molar-refractivity contribution in [2.24, 2.45) is 0 Å². The molecule has 1 saturated carbocycles. The number of aliphatic hydroxyl groups is 3. The summed E-state index contributed by atoms with van der Waals surface area (Å²) in [4.78, 5) is 28.2. The largest absolute Gasteiger partial charge is 0.392 e. The predicted molar refractivity (Wildman–Crippen MR) is 123 cm³/mol. The van der Waals surface area contributed by atoms with Crippen molar-refractivity contribution in [3.8, 4) is 0 Å². The second kappa shape index (κ2) is 10.1. The fraction of sp³-hybridized carbons (Fsp3) is 0.667. The van der Waals surface area contributed by atoms with Crippen molar-refractivity contribution >= 4 is 36.0 Å². The molecule has 1 aliphatic heterocycles. The zero-order chi connectivity index (χ0) is 26.4. The molecule has 17 nitrogen and oxygen atoms in total. The van der Waals surface area contributed by atoms with Crippen LogP contribution in [0.1, 0.15) is 37.7 Å². The molecule has 2 unspecified atom stereocenters. The molecule has 37 heavy (non-hydrogen) atoms. The molecule has 0 spiro atoms. The molecule has 2 aliphatic rings. The number of nitrogens with zero attached hydrogens (tertiary/aromatic N) is 7. The lowest BCUT2D eigenvalue weighted by Crippen LogP contribution is -2.40. The van der Waals surface area contributed by atoms with Gasteiger partial charge in [0.25, 0.3) is 5.34 Å². The maximum absolute atomic E-state index is 12.2. The summed E-state index contributed by atoms with van der Waals surface area (Å²) in [5.74, 6) is -0.116. The Morgan fingerprint density at radius 2 is 2.03 bits per heavy atom. The standard InChI is InChI=1S/C18H25ClN9O8P/c19-17-22-13(21-8-3-1-2-4-8)9-5-20-28(14(9)23-17)15-12(31)11(30)10(36-15)6-35-18(7-29,37(32,33)34)16-24-26-27-25-16/h5,8,10-12,15,29-31H,1-4,6-7H2,(H,21,22,23)(H2,32,33,34)(H,24,25,26,27)/t10-,11-,12?,15-,18?/m0/s1. The van der Waals surface area contributed by atoms with Gasteiger partial charge < -0.3 is 39.9 Å². The average Bonchev–Trinajstić information content (AvgIpc) is 3.64. The summed E-state index contributed by atoms with van der Waals surface area (Å²) in [6.45, 7) is -1.88. The van der Waals surface area contributed by atoms with Crippen LogP contribution >= 0.6 is 19.2 Å². The number of aromatic nitrogens is 8. The first-order valence-corrected chi connectivity index (χ1v) is 13.4. The maximum Gasteiger partial charge on any atom is 0.367 e. The van der Waals surface area contributed by atoms with Gasteiger partial charge in [0.2, 0.25) is 11.1 Å². The molecule has 3 aromatic rings. The highest BCUT2D eigenvalue weighted by Crippen LogP contribution is 2.56. The van der Waals surface area contributed by atoms with E-state index in [-0.39, 0.29) is 17.0 Å². The SMILES string of the molecule is O=P(O)(O)C(CO)(OC[C@@H]1O[C@H](n2ncc3c(NC4CCCC4)nc(Cl)nc32)C(O)[C@H]1O)c1nn[nH]n1. The van der Waals surface area contributed by atoms with Gasteiger partial charge in [-0.15, -0.1) is 10.2 Å². The fourth-order valence-electron chi connectivity index (χ4n) is 4.56. The number of hydrogen-bond donors (Lipinski definition) is 7. The summed E-state index contributed by atoms with van der Waals surface area (Å²) in [7, 11) is -5.22. The number of anilines is 1. The first kappa shape index (κ1) is 26.3. The Morgan fingerprint density at radius 1 is 1.27 bits per heavy atom. The third kappa shape index (κ3) is 4.71. The lowest BCUT2D eigenvalue weighted by molar-refractivity contribution is -0.114. The van der Waals surface area contributed by atoms with E-state index in [0.29, 0.717) is 11.2 Å². The number of ether oxygens (including phenoxy) is 2. The molecule has 5 atom stereocenters. The minimum Gasteiger partial charge on any atom is -0.392 e. The molecular formula is C18H25ClN9O8P. The van der Waals surface area contributed by atoms with Gasteiger partial charge in [-0.2, -0.15) is 20.3 Å². The van der Waals surface area contributed by atoms with Crippen LogP contribution in [-0.4, -0.2) is 103 Å². The number of fused-ring (bicyclic) bond motifs is 1. The van der Waals surface area contributed by atoms with Crippen LogP contribution in [0.5, 0.6) is 0 Å². The van der Waals surface area contributed by atoms with E-state index in [1.165, 1.54) is 10.9 Å². The van der Waals surface area contributed by atoms with Crippen LogP contribution in [0, 0.1) is 0 Å². The average molecular weight is 562 g/mol.